The summed E-state index contributed by atoms with van der Waals surface area (Å²) in [6.45, 7) is 2.43. The smallest absolute Gasteiger partial charge is 0.264 e. The molecule has 6 nitrogen and oxygen atoms in total. The van der Waals surface area contributed by atoms with E-state index in [1.807, 2.05) is 31.2 Å². The van der Waals surface area contributed by atoms with Crippen molar-refractivity contribution >= 4 is 45.0 Å². The molecular formula is C25H27ClN2O4S2. The maximum atomic E-state index is 13.4. The van der Waals surface area contributed by atoms with Crippen molar-refractivity contribution in [3.63, 3.8) is 0 Å². The van der Waals surface area contributed by atoms with E-state index in [9.17, 15) is 13.2 Å². The monoisotopic (exact) mass is 518 g/mol. The van der Waals surface area contributed by atoms with Crippen LogP contribution in [-0.4, -0.2) is 39.8 Å². The zero-order valence-corrected chi connectivity index (χ0v) is 21.2. The second-order valence-corrected chi connectivity index (χ2v) is 10.6. The van der Waals surface area contributed by atoms with Gasteiger partial charge in [0.2, 0.25) is 5.91 Å². The van der Waals surface area contributed by atoms with E-state index in [0.29, 0.717) is 30.3 Å². The Labute approximate surface area is 210 Å². The van der Waals surface area contributed by atoms with Crippen LogP contribution in [0.25, 0.3) is 0 Å². The first kappa shape index (κ1) is 25.9. The molecule has 0 unspecified atom stereocenters. The molecule has 34 heavy (non-hydrogen) atoms. The molecule has 0 atom stereocenters. The molecule has 0 aliphatic carbocycles. The quantitative estimate of drug-likeness (QED) is 0.342. The van der Waals surface area contributed by atoms with Crippen LogP contribution >= 0.6 is 23.4 Å². The Balaban J connectivity index is 1.63. The van der Waals surface area contributed by atoms with E-state index in [0.717, 1.165) is 20.6 Å². The third kappa shape index (κ3) is 7.16. The SMILES string of the molecule is CCOc1ccc(S(=O)(=O)N(CC(=O)NCCSCc2ccccc2Cl)c2ccccc2)cc1. The number of nitrogens with one attached hydrogen (secondary N) is 1. The summed E-state index contributed by atoms with van der Waals surface area (Å²) < 4.78 is 33.3. The zero-order chi connectivity index (χ0) is 24.4. The van der Waals surface area contributed by atoms with Crippen molar-refractivity contribution in [2.75, 3.05) is 29.8 Å². The fourth-order valence-corrected chi connectivity index (χ4v) is 5.72. The van der Waals surface area contributed by atoms with E-state index in [1.165, 1.54) is 12.1 Å². The minimum Gasteiger partial charge on any atom is -0.494 e. The van der Waals surface area contributed by atoms with Gasteiger partial charge in [-0.05, 0) is 55.0 Å². The van der Waals surface area contributed by atoms with Crippen molar-refractivity contribution < 1.29 is 17.9 Å². The number of amides is 1. The van der Waals surface area contributed by atoms with E-state index in [-0.39, 0.29) is 17.3 Å². The molecule has 0 spiro atoms. The predicted octanol–water partition coefficient (Wildman–Crippen LogP) is 4.98. The number of benzene rings is 3. The molecule has 1 N–H and O–H groups in total. The fourth-order valence-electron chi connectivity index (χ4n) is 3.16. The number of hydrogen-bond acceptors (Lipinski definition) is 5. The van der Waals surface area contributed by atoms with Crippen molar-refractivity contribution in [3.8, 4) is 5.75 Å². The Morgan fingerprint density at radius 1 is 1.00 bits per heavy atom. The molecule has 3 rings (SSSR count). The molecule has 0 bridgehead atoms. The van der Waals surface area contributed by atoms with Gasteiger partial charge in [-0.15, -0.1) is 0 Å². The molecule has 0 aromatic heterocycles. The molecular weight excluding hydrogens is 492 g/mol. The lowest BCUT2D eigenvalue weighted by Gasteiger charge is -2.24. The Hall–Kier alpha value is -2.68. The number of thioether (sulfide) groups is 1. The van der Waals surface area contributed by atoms with Crippen LogP contribution in [0.2, 0.25) is 5.02 Å². The van der Waals surface area contributed by atoms with Crippen molar-refractivity contribution in [2.45, 2.75) is 17.6 Å². The topological polar surface area (TPSA) is 75.7 Å². The highest BCUT2D eigenvalue weighted by molar-refractivity contribution is 7.98. The Morgan fingerprint density at radius 3 is 2.35 bits per heavy atom. The van der Waals surface area contributed by atoms with Gasteiger partial charge in [0, 0.05) is 23.1 Å². The Bertz CT molecular complexity index is 1170. The van der Waals surface area contributed by atoms with Crippen LogP contribution in [0.5, 0.6) is 5.75 Å². The summed E-state index contributed by atoms with van der Waals surface area (Å²) in [5.41, 5.74) is 1.46. The lowest BCUT2D eigenvalue weighted by Crippen LogP contribution is -2.41. The van der Waals surface area contributed by atoms with Gasteiger partial charge >= 0.3 is 0 Å². The average Bonchev–Trinajstić information content (AvgIpc) is 2.84. The van der Waals surface area contributed by atoms with Crippen LogP contribution in [0.3, 0.4) is 0 Å². The van der Waals surface area contributed by atoms with Crippen molar-refractivity contribution in [2.24, 2.45) is 0 Å². The summed E-state index contributed by atoms with van der Waals surface area (Å²) >= 11 is 7.81. The molecule has 0 saturated heterocycles. The summed E-state index contributed by atoms with van der Waals surface area (Å²) in [7, 11) is -3.96. The standard InChI is InChI=1S/C25H27ClN2O4S2/c1-2-32-22-12-14-23(15-13-22)34(30,31)28(21-9-4-3-5-10-21)18-25(29)27-16-17-33-19-20-8-6-7-11-24(20)26/h3-15H,2,16-19H2,1H3,(H,27,29). The van der Waals surface area contributed by atoms with Gasteiger partial charge in [0.1, 0.15) is 12.3 Å². The predicted molar refractivity (Wildman–Crippen MR) is 139 cm³/mol. The van der Waals surface area contributed by atoms with Crippen LogP contribution in [0, 0.1) is 0 Å². The third-order valence-electron chi connectivity index (χ3n) is 4.84. The first-order chi connectivity index (χ1) is 16.4. The normalized spacial score (nSPS) is 11.1. The average molecular weight is 519 g/mol. The fraction of sp³-hybridized carbons (Fsp3) is 0.240. The summed E-state index contributed by atoms with van der Waals surface area (Å²) in [5, 5.41) is 3.53. The van der Waals surface area contributed by atoms with Crippen molar-refractivity contribution in [1.29, 1.82) is 0 Å². The van der Waals surface area contributed by atoms with Crippen LogP contribution in [-0.2, 0) is 20.6 Å². The summed E-state index contributed by atoms with van der Waals surface area (Å²) in [6.07, 6.45) is 0. The number of sulfonamides is 1. The number of hydrogen-bond donors (Lipinski definition) is 1. The van der Waals surface area contributed by atoms with Crippen LogP contribution in [0.4, 0.5) is 5.69 Å². The van der Waals surface area contributed by atoms with Gasteiger partial charge in [-0.25, -0.2) is 8.42 Å². The summed E-state index contributed by atoms with van der Waals surface area (Å²) in [4.78, 5) is 12.7. The number of ether oxygens (including phenoxy) is 1. The van der Waals surface area contributed by atoms with Gasteiger partial charge < -0.3 is 10.1 Å². The van der Waals surface area contributed by atoms with Gasteiger partial charge in [0.15, 0.2) is 0 Å². The number of nitrogens with zero attached hydrogens (tertiary/aromatic N) is 1. The number of para-hydroxylation sites is 1. The molecule has 1 amide bonds. The molecule has 3 aromatic carbocycles. The molecule has 0 fully saturated rings. The number of carbonyl (C=O) groups excluding carboxylic acids is 1. The molecule has 180 valence electrons. The largest absolute Gasteiger partial charge is 0.494 e. The number of carbonyl (C=O) groups is 1. The first-order valence-corrected chi connectivity index (χ1v) is 13.8. The van der Waals surface area contributed by atoms with Gasteiger partial charge in [0.05, 0.1) is 17.2 Å². The Kier molecular flexibility index (Phi) is 9.68. The molecule has 0 aliphatic heterocycles. The number of rotatable bonds is 12. The van der Waals surface area contributed by atoms with E-state index < -0.39 is 10.0 Å². The second-order valence-electron chi connectivity index (χ2n) is 7.25. The maximum absolute atomic E-state index is 13.4. The third-order valence-corrected chi connectivity index (χ3v) is 8.00. The van der Waals surface area contributed by atoms with Crippen LogP contribution in [0.1, 0.15) is 12.5 Å². The Morgan fingerprint density at radius 2 is 1.68 bits per heavy atom. The van der Waals surface area contributed by atoms with Crippen molar-refractivity contribution in [3.05, 3.63) is 89.4 Å². The van der Waals surface area contributed by atoms with E-state index >= 15 is 0 Å². The number of anilines is 1. The molecule has 0 radical (unpaired) electrons. The maximum Gasteiger partial charge on any atom is 0.264 e. The lowest BCUT2D eigenvalue weighted by molar-refractivity contribution is -0.119. The van der Waals surface area contributed by atoms with Crippen LogP contribution < -0.4 is 14.4 Å². The molecule has 0 aliphatic rings. The minimum atomic E-state index is -3.96. The molecule has 0 heterocycles. The molecule has 0 saturated carbocycles. The molecule has 3 aromatic rings. The van der Waals surface area contributed by atoms with E-state index in [4.69, 9.17) is 16.3 Å². The van der Waals surface area contributed by atoms with E-state index in [1.54, 1.807) is 54.2 Å². The van der Waals surface area contributed by atoms with Gasteiger partial charge in [-0.3, -0.25) is 9.10 Å². The van der Waals surface area contributed by atoms with E-state index in [2.05, 4.69) is 5.32 Å². The highest BCUT2D eigenvalue weighted by atomic mass is 35.5. The summed E-state index contributed by atoms with van der Waals surface area (Å²) in [5.74, 6) is 1.61. The van der Waals surface area contributed by atoms with Gasteiger partial charge in [-0.1, -0.05) is 48.0 Å². The first-order valence-electron chi connectivity index (χ1n) is 10.8. The second kappa shape index (κ2) is 12.7. The minimum absolute atomic E-state index is 0.0860. The van der Waals surface area contributed by atoms with Crippen LogP contribution in [0.15, 0.2) is 83.8 Å². The van der Waals surface area contributed by atoms with Crippen molar-refractivity contribution in [1.82, 2.24) is 5.32 Å². The highest BCUT2D eigenvalue weighted by Crippen LogP contribution is 2.25. The highest BCUT2D eigenvalue weighted by Gasteiger charge is 2.27. The number of halogens is 1. The van der Waals surface area contributed by atoms with Gasteiger partial charge in [0.25, 0.3) is 10.0 Å². The zero-order valence-electron chi connectivity index (χ0n) is 18.8. The lowest BCUT2D eigenvalue weighted by atomic mass is 10.2. The molecule has 9 heteroatoms. The summed E-state index contributed by atoms with van der Waals surface area (Å²) in [6, 6.07) is 22.4. The van der Waals surface area contributed by atoms with Gasteiger partial charge in [-0.2, -0.15) is 11.8 Å².